The second-order valence-electron chi connectivity index (χ2n) is 5.16. The zero-order chi connectivity index (χ0) is 17.4. The molecule has 2 aromatic carbocycles. The smallest absolute Gasteiger partial charge is 0.260 e. The molecule has 0 aliphatic rings. The fourth-order valence-corrected chi connectivity index (χ4v) is 3.07. The highest BCUT2D eigenvalue weighted by atomic mass is 35.5. The Morgan fingerprint density at radius 1 is 1.17 bits per heavy atom. The fourth-order valence-electron chi connectivity index (χ4n) is 1.95. The molecule has 0 saturated heterocycles. The average Bonchev–Trinajstić information content (AvgIpc) is 2.58. The molecule has 0 aliphatic heterocycles. The zero-order valence-corrected chi connectivity index (χ0v) is 15.6. The number of hydrogen-bond donors (Lipinski definition) is 1. The van der Waals surface area contributed by atoms with Crippen LogP contribution in [0.3, 0.4) is 0 Å². The Hall–Kier alpha value is -1.36. The number of benzene rings is 2. The maximum absolute atomic E-state index is 12.0. The number of para-hydroxylation sites is 1. The van der Waals surface area contributed by atoms with Gasteiger partial charge in [0.2, 0.25) is 0 Å². The van der Waals surface area contributed by atoms with Crippen molar-refractivity contribution in [3.05, 3.63) is 64.1 Å². The van der Waals surface area contributed by atoms with E-state index in [1.807, 2.05) is 36.4 Å². The van der Waals surface area contributed by atoms with Crippen molar-refractivity contribution in [2.24, 2.45) is 0 Å². The Bertz CT molecular complexity index is 664. The number of nitrogens with one attached hydrogen (secondary N) is 1. The third-order valence-corrected chi connectivity index (χ3v) is 4.83. The van der Waals surface area contributed by atoms with Crippen LogP contribution >= 0.6 is 35.0 Å². The van der Waals surface area contributed by atoms with Gasteiger partial charge in [-0.25, -0.2) is 0 Å². The van der Waals surface area contributed by atoms with Gasteiger partial charge in [-0.3, -0.25) is 4.79 Å². The van der Waals surface area contributed by atoms with Crippen LogP contribution in [0.15, 0.2) is 48.5 Å². The van der Waals surface area contributed by atoms with E-state index in [-0.39, 0.29) is 5.91 Å². The molecule has 0 spiro atoms. The summed E-state index contributed by atoms with van der Waals surface area (Å²) in [5.41, 5.74) is 1.21. The van der Waals surface area contributed by atoms with Crippen LogP contribution in [0, 0.1) is 0 Å². The molecule has 0 unspecified atom stereocenters. The van der Waals surface area contributed by atoms with Crippen LogP contribution in [0.4, 0.5) is 0 Å². The van der Waals surface area contributed by atoms with Crippen LogP contribution in [0.1, 0.15) is 12.5 Å². The van der Waals surface area contributed by atoms with E-state index in [0.717, 1.165) is 16.5 Å². The first kappa shape index (κ1) is 19.0. The van der Waals surface area contributed by atoms with Gasteiger partial charge in [-0.05, 0) is 36.8 Å². The maximum Gasteiger partial charge on any atom is 0.260 e. The molecule has 0 aliphatic carbocycles. The molecule has 6 heteroatoms. The SMILES string of the molecule is C[C@H](Oc1ccccc1Cl)C(=O)NCCSCc1ccc(Cl)cc1. The molecule has 24 heavy (non-hydrogen) atoms. The first-order chi connectivity index (χ1) is 11.6. The van der Waals surface area contributed by atoms with E-state index in [2.05, 4.69) is 5.32 Å². The molecule has 0 bridgehead atoms. The van der Waals surface area contributed by atoms with E-state index >= 15 is 0 Å². The Morgan fingerprint density at radius 2 is 1.88 bits per heavy atom. The molecule has 0 saturated carbocycles. The fraction of sp³-hybridized carbons (Fsp3) is 0.278. The van der Waals surface area contributed by atoms with Gasteiger partial charge in [0.05, 0.1) is 5.02 Å². The van der Waals surface area contributed by atoms with Crippen LogP contribution in [0.2, 0.25) is 10.0 Å². The Kier molecular flexibility index (Phi) is 7.76. The Balaban J connectivity index is 1.65. The van der Waals surface area contributed by atoms with Crippen molar-refractivity contribution in [2.45, 2.75) is 18.8 Å². The maximum atomic E-state index is 12.0. The number of rotatable bonds is 8. The molecule has 2 aromatic rings. The lowest BCUT2D eigenvalue weighted by Gasteiger charge is -2.15. The second-order valence-corrected chi connectivity index (χ2v) is 7.11. The third-order valence-electron chi connectivity index (χ3n) is 3.24. The minimum Gasteiger partial charge on any atom is -0.479 e. The number of thioether (sulfide) groups is 1. The van der Waals surface area contributed by atoms with Crippen molar-refractivity contribution in [1.29, 1.82) is 0 Å². The molecule has 0 aromatic heterocycles. The summed E-state index contributed by atoms with van der Waals surface area (Å²) in [6.07, 6.45) is -0.592. The molecule has 0 radical (unpaired) electrons. The third kappa shape index (κ3) is 6.27. The normalized spacial score (nSPS) is 11.8. The molecule has 0 fully saturated rings. The van der Waals surface area contributed by atoms with Gasteiger partial charge in [-0.2, -0.15) is 11.8 Å². The summed E-state index contributed by atoms with van der Waals surface area (Å²) in [5, 5.41) is 4.10. The molecule has 128 valence electrons. The van der Waals surface area contributed by atoms with Crippen LogP contribution in [-0.2, 0) is 10.5 Å². The highest BCUT2D eigenvalue weighted by Gasteiger charge is 2.15. The highest BCUT2D eigenvalue weighted by molar-refractivity contribution is 7.98. The standard InChI is InChI=1S/C18H19Cl2NO2S/c1-13(23-17-5-3-2-4-16(17)20)18(22)21-10-11-24-12-14-6-8-15(19)9-7-14/h2-9,13H,10-12H2,1H3,(H,21,22)/t13-/m0/s1. The molecule has 1 N–H and O–H groups in total. The number of hydrogen-bond acceptors (Lipinski definition) is 3. The van der Waals surface area contributed by atoms with Gasteiger partial charge in [0, 0.05) is 23.1 Å². The van der Waals surface area contributed by atoms with Crippen LogP contribution in [0.25, 0.3) is 0 Å². The van der Waals surface area contributed by atoms with Gasteiger partial charge >= 0.3 is 0 Å². The Morgan fingerprint density at radius 3 is 2.58 bits per heavy atom. The van der Waals surface area contributed by atoms with Gasteiger partial charge in [0.1, 0.15) is 5.75 Å². The average molecular weight is 384 g/mol. The molecule has 1 amide bonds. The van der Waals surface area contributed by atoms with E-state index in [0.29, 0.717) is 17.3 Å². The largest absolute Gasteiger partial charge is 0.479 e. The molecule has 1 atom stereocenters. The summed E-state index contributed by atoms with van der Waals surface area (Å²) in [4.78, 5) is 12.0. The minimum atomic E-state index is -0.592. The highest BCUT2D eigenvalue weighted by Crippen LogP contribution is 2.24. The predicted octanol–water partition coefficient (Wildman–Crippen LogP) is 4.81. The number of carbonyl (C=O) groups is 1. The second kappa shape index (κ2) is 9.82. The van der Waals surface area contributed by atoms with E-state index in [4.69, 9.17) is 27.9 Å². The van der Waals surface area contributed by atoms with Crippen LogP contribution in [-0.4, -0.2) is 24.3 Å². The summed E-state index contributed by atoms with van der Waals surface area (Å²) in [7, 11) is 0. The lowest BCUT2D eigenvalue weighted by Crippen LogP contribution is -2.37. The predicted molar refractivity (Wildman–Crippen MR) is 102 cm³/mol. The van der Waals surface area contributed by atoms with Gasteiger partial charge in [0.25, 0.3) is 5.91 Å². The summed E-state index contributed by atoms with van der Waals surface area (Å²) >= 11 is 13.6. The monoisotopic (exact) mass is 383 g/mol. The van der Waals surface area contributed by atoms with Crippen molar-refractivity contribution in [1.82, 2.24) is 5.32 Å². The van der Waals surface area contributed by atoms with E-state index in [1.54, 1.807) is 30.8 Å². The van der Waals surface area contributed by atoms with Gasteiger partial charge in [-0.1, -0.05) is 47.5 Å². The van der Waals surface area contributed by atoms with Crippen molar-refractivity contribution < 1.29 is 9.53 Å². The molecular weight excluding hydrogens is 365 g/mol. The van der Waals surface area contributed by atoms with Gasteiger partial charge in [0.15, 0.2) is 6.10 Å². The topological polar surface area (TPSA) is 38.3 Å². The molecular formula is C18H19Cl2NO2S. The number of ether oxygens (including phenoxy) is 1. The van der Waals surface area contributed by atoms with Crippen molar-refractivity contribution >= 4 is 40.9 Å². The Labute approximate surface area is 156 Å². The summed E-state index contributed by atoms with van der Waals surface area (Å²) < 4.78 is 5.58. The number of amides is 1. The van der Waals surface area contributed by atoms with Crippen molar-refractivity contribution in [2.75, 3.05) is 12.3 Å². The van der Waals surface area contributed by atoms with Gasteiger partial charge < -0.3 is 10.1 Å². The first-order valence-electron chi connectivity index (χ1n) is 7.57. The summed E-state index contributed by atoms with van der Waals surface area (Å²) in [6.45, 7) is 2.30. The van der Waals surface area contributed by atoms with Crippen molar-refractivity contribution in [3.8, 4) is 5.75 Å². The van der Waals surface area contributed by atoms with E-state index < -0.39 is 6.10 Å². The lowest BCUT2D eigenvalue weighted by molar-refractivity contribution is -0.127. The zero-order valence-electron chi connectivity index (χ0n) is 13.3. The molecule has 2 rings (SSSR count). The quantitative estimate of drug-likeness (QED) is 0.664. The molecule has 0 heterocycles. The number of carbonyl (C=O) groups excluding carboxylic acids is 1. The number of halogens is 2. The van der Waals surface area contributed by atoms with Crippen LogP contribution < -0.4 is 10.1 Å². The van der Waals surface area contributed by atoms with Crippen molar-refractivity contribution in [3.63, 3.8) is 0 Å². The van der Waals surface area contributed by atoms with E-state index in [1.165, 1.54) is 5.56 Å². The summed E-state index contributed by atoms with van der Waals surface area (Å²) in [6, 6.07) is 14.9. The van der Waals surface area contributed by atoms with Gasteiger partial charge in [-0.15, -0.1) is 0 Å². The van der Waals surface area contributed by atoms with E-state index in [9.17, 15) is 4.79 Å². The van der Waals surface area contributed by atoms with Crippen LogP contribution in [0.5, 0.6) is 5.75 Å². The first-order valence-corrected chi connectivity index (χ1v) is 9.48. The summed E-state index contributed by atoms with van der Waals surface area (Å²) in [5.74, 6) is 2.08. The lowest BCUT2D eigenvalue weighted by atomic mass is 10.2. The minimum absolute atomic E-state index is 0.151. The molecule has 3 nitrogen and oxygen atoms in total.